The molecule has 3 atom stereocenters. The number of thiocarbonyl (C=S) groups is 1. The maximum Gasteiger partial charge on any atom is 0.203 e. The Bertz CT molecular complexity index is 680. The minimum absolute atomic E-state index is 0.409. The van der Waals surface area contributed by atoms with Gasteiger partial charge >= 0.3 is 0 Å². The second-order valence-corrected chi connectivity index (χ2v) is 6.60. The van der Waals surface area contributed by atoms with Crippen molar-refractivity contribution in [2.75, 3.05) is 21.3 Å². The highest BCUT2D eigenvalue weighted by atomic mass is 32.1. The smallest absolute Gasteiger partial charge is 0.203 e. The van der Waals surface area contributed by atoms with Gasteiger partial charge in [-0.25, -0.2) is 0 Å². The standard InChI is InChI=1S/C18H23N3O3S/c1-22-15-8-12(9-16(23-2)17(15)24-3)10-19-21-18(25)20-14-7-11-4-5-13(14)6-11/h4-5,8-11,13-14H,6-7H2,1-3H3,(H2,20,21,25)/b19-10-/t11-,13+,14+/m0/s1. The molecule has 0 aliphatic heterocycles. The molecule has 3 rings (SSSR count). The van der Waals surface area contributed by atoms with Crippen LogP contribution in [0.4, 0.5) is 0 Å². The zero-order chi connectivity index (χ0) is 17.8. The summed E-state index contributed by atoms with van der Waals surface area (Å²) in [4.78, 5) is 0. The average Bonchev–Trinajstić information content (AvgIpc) is 3.23. The summed E-state index contributed by atoms with van der Waals surface area (Å²) >= 11 is 5.33. The summed E-state index contributed by atoms with van der Waals surface area (Å²) in [5.41, 5.74) is 3.69. The van der Waals surface area contributed by atoms with Gasteiger partial charge in [0.15, 0.2) is 16.6 Å². The van der Waals surface area contributed by atoms with Gasteiger partial charge in [0.25, 0.3) is 0 Å². The van der Waals surface area contributed by atoms with E-state index >= 15 is 0 Å². The predicted octanol–water partition coefficient (Wildman–Crippen LogP) is 2.48. The van der Waals surface area contributed by atoms with E-state index in [1.807, 2.05) is 12.1 Å². The summed E-state index contributed by atoms with van der Waals surface area (Å²) in [6.07, 6.45) is 8.63. The summed E-state index contributed by atoms with van der Waals surface area (Å²) in [5, 5.41) is 8.09. The Morgan fingerprint density at radius 3 is 2.36 bits per heavy atom. The molecule has 134 valence electrons. The van der Waals surface area contributed by atoms with Crippen molar-refractivity contribution in [3.05, 3.63) is 29.8 Å². The number of fused-ring (bicyclic) bond motifs is 2. The number of rotatable bonds is 6. The van der Waals surface area contributed by atoms with Crippen LogP contribution in [0, 0.1) is 11.8 Å². The van der Waals surface area contributed by atoms with Gasteiger partial charge in [-0.05, 0) is 49.0 Å². The molecule has 1 aromatic rings. The van der Waals surface area contributed by atoms with Crippen molar-refractivity contribution in [1.29, 1.82) is 0 Å². The van der Waals surface area contributed by atoms with Gasteiger partial charge in [0.05, 0.1) is 27.5 Å². The Kier molecular flexibility index (Phi) is 5.43. The van der Waals surface area contributed by atoms with E-state index in [1.54, 1.807) is 27.5 Å². The average molecular weight is 361 g/mol. The van der Waals surface area contributed by atoms with Crippen LogP contribution >= 0.6 is 12.2 Å². The summed E-state index contributed by atoms with van der Waals surface area (Å²) in [7, 11) is 4.74. The molecular formula is C18H23N3O3S. The van der Waals surface area contributed by atoms with E-state index in [9.17, 15) is 0 Å². The van der Waals surface area contributed by atoms with Gasteiger partial charge in [0.1, 0.15) is 0 Å². The number of nitrogens with zero attached hydrogens (tertiary/aromatic N) is 1. The van der Waals surface area contributed by atoms with Crippen molar-refractivity contribution < 1.29 is 14.2 Å². The Labute approximate surface area is 153 Å². The van der Waals surface area contributed by atoms with E-state index in [2.05, 4.69) is 28.0 Å². The SMILES string of the molecule is COc1cc(/C=N\NC(=S)N[C@@H]2C[C@H]3C=C[C@@H]2C3)cc(OC)c1OC. The zero-order valence-electron chi connectivity index (χ0n) is 14.6. The fraction of sp³-hybridized carbons (Fsp3) is 0.444. The number of allylic oxidation sites excluding steroid dienone is 1. The van der Waals surface area contributed by atoms with Crippen molar-refractivity contribution in [3.8, 4) is 17.2 Å². The van der Waals surface area contributed by atoms with E-state index in [4.69, 9.17) is 26.4 Å². The van der Waals surface area contributed by atoms with E-state index in [-0.39, 0.29) is 0 Å². The van der Waals surface area contributed by atoms with Crippen LogP contribution in [0.5, 0.6) is 17.2 Å². The van der Waals surface area contributed by atoms with Crippen LogP contribution in [-0.4, -0.2) is 38.7 Å². The van der Waals surface area contributed by atoms with Crippen molar-refractivity contribution >= 4 is 23.5 Å². The van der Waals surface area contributed by atoms with Crippen LogP contribution in [0.2, 0.25) is 0 Å². The highest BCUT2D eigenvalue weighted by molar-refractivity contribution is 7.80. The molecule has 0 spiro atoms. The maximum absolute atomic E-state index is 5.33. The van der Waals surface area contributed by atoms with E-state index in [0.717, 1.165) is 12.0 Å². The number of ether oxygens (including phenoxy) is 3. The second kappa shape index (κ2) is 7.74. The highest BCUT2D eigenvalue weighted by Crippen LogP contribution is 2.39. The molecule has 2 aliphatic rings. The second-order valence-electron chi connectivity index (χ2n) is 6.19. The Morgan fingerprint density at radius 1 is 1.12 bits per heavy atom. The molecule has 2 N–H and O–H groups in total. The fourth-order valence-electron chi connectivity index (χ4n) is 3.49. The minimum Gasteiger partial charge on any atom is -0.493 e. The Morgan fingerprint density at radius 2 is 1.84 bits per heavy atom. The molecule has 7 heteroatoms. The topological polar surface area (TPSA) is 64.1 Å². The largest absolute Gasteiger partial charge is 0.493 e. The molecule has 1 aromatic carbocycles. The molecule has 2 aliphatic carbocycles. The first-order valence-corrected chi connectivity index (χ1v) is 8.63. The molecule has 1 fully saturated rings. The lowest BCUT2D eigenvalue weighted by molar-refractivity contribution is 0.324. The third kappa shape index (κ3) is 3.87. The van der Waals surface area contributed by atoms with Gasteiger partial charge in [-0.2, -0.15) is 5.10 Å². The lowest BCUT2D eigenvalue weighted by atomic mass is 10.0. The molecule has 0 unspecified atom stereocenters. The third-order valence-corrected chi connectivity index (χ3v) is 4.87. The highest BCUT2D eigenvalue weighted by Gasteiger charge is 2.35. The molecule has 0 amide bonds. The van der Waals surface area contributed by atoms with Crippen LogP contribution in [0.25, 0.3) is 0 Å². The summed E-state index contributed by atoms with van der Waals surface area (Å²) in [6.45, 7) is 0. The first-order chi connectivity index (χ1) is 12.1. The minimum atomic E-state index is 0.409. The molecular weight excluding hydrogens is 338 g/mol. The molecule has 1 saturated carbocycles. The Hall–Kier alpha value is -2.28. The van der Waals surface area contributed by atoms with Gasteiger partial charge in [-0.15, -0.1) is 0 Å². The summed E-state index contributed by atoms with van der Waals surface area (Å²) < 4.78 is 16.0. The van der Waals surface area contributed by atoms with Crippen molar-refractivity contribution in [3.63, 3.8) is 0 Å². The Balaban J connectivity index is 1.60. The van der Waals surface area contributed by atoms with Crippen LogP contribution in [0.3, 0.4) is 0 Å². The van der Waals surface area contributed by atoms with Crippen LogP contribution in [0.1, 0.15) is 18.4 Å². The van der Waals surface area contributed by atoms with Crippen molar-refractivity contribution in [2.45, 2.75) is 18.9 Å². The molecule has 2 bridgehead atoms. The van der Waals surface area contributed by atoms with Gasteiger partial charge < -0.3 is 19.5 Å². The monoisotopic (exact) mass is 361 g/mol. The molecule has 6 nitrogen and oxygen atoms in total. The van der Waals surface area contributed by atoms with E-state index in [1.165, 1.54) is 6.42 Å². The molecule has 0 aromatic heterocycles. The summed E-state index contributed by atoms with van der Waals surface area (Å²) in [5.74, 6) is 3.00. The predicted molar refractivity (Wildman–Crippen MR) is 102 cm³/mol. The van der Waals surface area contributed by atoms with Crippen LogP contribution in [0.15, 0.2) is 29.4 Å². The van der Waals surface area contributed by atoms with E-state index in [0.29, 0.717) is 40.2 Å². The lowest BCUT2D eigenvalue weighted by Gasteiger charge is -2.20. The normalized spacial score (nSPS) is 23.7. The number of hydrogen-bond acceptors (Lipinski definition) is 5. The van der Waals surface area contributed by atoms with Crippen molar-refractivity contribution in [2.24, 2.45) is 16.9 Å². The number of nitrogens with one attached hydrogen (secondary N) is 2. The van der Waals surface area contributed by atoms with E-state index < -0.39 is 0 Å². The van der Waals surface area contributed by atoms with Gasteiger partial charge in [-0.3, -0.25) is 5.43 Å². The number of hydrogen-bond donors (Lipinski definition) is 2. The summed E-state index contributed by atoms with van der Waals surface area (Å²) in [6, 6.07) is 4.05. The molecule has 0 radical (unpaired) electrons. The molecule has 0 saturated heterocycles. The fourth-order valence-corrected chi connectivity index (χ4v) is 3.69. The first-order valence-electron chi connectivity index (χ1n) is 8.22. The molecule has 25 heavy (non-hydrogen) atoms. The number of hydrazone groups is 1. The number of methoxy groups -OCH3 is 3. The van der Waals surface area contributed by atoms with Crippen LogP contribution < -0.4 is 25.0 Å². The lowest BCUT2D eigenvalue weighted by Crippen LogP contribution is -2.42. The molecule has 0 heterocycles. The zero-order valence-corrected chi connectivity index (χ0v) is 15.4. The van der Waals surface area contributed by atoms with Gasteiger partial charge in [0, 0.05) is 11.6 Å². The van der Waals surface area contributed by atoms with Gasteiger partial charge in [-0.1, -0.05) is 12.2 Å². The first kappa shape index (κ1) is 17.5. The van der Waals surface area contributed by atoms with Crippen molar-refractivity contribution in [1.82, 2.24) is 10.7 Å². The van der Waals surface area contributed by atoms with Crippen LogP contribution in [-0.2, 0) is 0 Å². The maximum atomic E-state index is 5.33. The van der Waals surface area contributed by atoms with Gasteiger partial charge in [0.2, 0.25) is 5.75 Å². The third-order valence-electron chi connectivity index (χ3n) is 4.66. The quantitative estimate of drug-likeness (QED) is 0.351. The number of benzene rings is 1.